The van der Waals surface area contributed by atoms with Crippen molar-refractivity contribution >= 4 is 0 Å². The van der Waals surface area contributed by atoms with E-state index in [2.05, 4.69) is 48.3 Å². The van der Waals surface area contributed by atoms with E-state index < -0.39 is 0 Å². The van der Waals surface area contributed by atoms with Gasteiger partial charge in [0.1, 0.15) is 0 Å². The normalized spacial score (nSPS) is 11.2. The average Bonchev–Trinajstić information content (AvgIpc) is 2.84. The number of nitrogens with zero attached hydrogens (tertiary/aromatic N) is 3. The molecule has 4 nitrogen and oxygen atoms in total. The summed E-state index contributed by atoms with van der Waals surface area (Å²) in [5, 5.41) is 7.92. The second-order valence-electron chi connectivity index (χ2n) is 5.60. The molecule has 0 aliphatic carbocycles. The van der Waals surface area contributed by atoms with Crippen molar-refractivity contribution in [3.8, 4) is 5.82 Å². The quantitative estimate of drug-likeness (QED) is 0.879. The maximum atomic E-state index is 4.65. The van der Waals surface area contributed by atoms with Crippen LogP contribution in [0.2, 0.25) is 0 Å². The standard InChI is InChI=1S/C16H24N4/c1-5-15-8-14(11-17-10-12(2)3)9-16(18-15)20-7-6-13(4)19-20/h6-9,12,17H,5,10-11H2,1-4H3. The van der Waals surface area contributed by atoms with Crippen LogP contribution in [0.25, 0.3) is 5.82 Å². The molecule has 1 N–H and O–H groups in total. The fraction of sp³-hybridized carbons (Fsp3) is 0.500. The first kappa shape index (κ1) is 14.7. The van der Waals surface area contributed by atoms with E-state index in [1.165, 1.54) is 5.56 Å². The molecule has 2 rings (SSSR count). The number of nitrogens with one attached hydrogen (secondary N) is 1. The molecule has 2 heterocycles. The van der Waals surface area contributed by atoms with Crippen LogP contribution in [0.4, 0.5) is 0 Å². The van der Waals surface area contributed by atoms with Gasteiger partial charge in [0, 0.05) is 18.4 Å². The van der Waals surface area contributed by atoms with Gasteiger partial charge in [-0.25, -0.2) is 9.67 Å². The molecule has 0 aromatic carbocycles. The zero-order chi connectivity index (χ0) is 14.5. The topological polar surface area (TPSA) is 42.7 Å². The summed E-state index contributed by atoms with van der Waals surface area (Å²) in [7, 11) is 0. The van der Waals surface area contributed by atoms with Crippen molar-refractivity contribution in [1.29, 1.82) is 0 Å². The molecule has 0 fully saturated rings. The highest BCUT2D eigenvalue weighted by molar-refractivity contribution is 5.31. The molecule has 0 saturated heterocycles. The lowest BCUT2D eigenvalue weighted by Gasteiger charge is -2.10. The molecule has 0 unspecified atom stereocenters. The minimum absolute atomic E-state index is 0.663. The molecule has 20 heavy (non-hydrogen) atoms. The van der Waals surface area contributed by atoms with Crippen molar-refractivity contribution in [2.24, 2.45) is 5.92 Å². The zero-order valence-electron chi connectivity index (χ0n) is 12.8. The maximum absolute atomic E-state index is 4.65. The van der Waals surface area contributed by atoms with E-state index >= 15 is 0 Å². The van der Waals surface area contributed by atoms with Crippen molar-refractivity contribution in [1.82, 2.24) is 20.1 Å². The smallest absolute Gasteiger partial charge is 0.153 e. The first-order valence-corrected chi connectivity index (χ1v) is 7.31. The van der Waals surface area contributed by atoms with Crippen LogP contribution in [0.1, 0.15) is 37.7 Å². The van der Waals surface area contributed by atoms with Crippen LogP contribution in [0.3, 0.4) is 0 Å². The minimum atomic E-state index is 0.663. The fourth-order valence-electron chi connectivity index (χ4n) is 2.08. The second-order valence-corrected chi connectivity index (χ2v) is 5.60. The van der Waals surface area contributed by atoms with E-state index in [4.69, 9.17) is 0 Å². The van der Waals surface area contributed by atoms with Gasteiger partial charge in [0.2, 0.25) is 0 Å². The molecule has 0 saturated carbocycles. The molecule has 108 valence electrons. The monoisotopic (exact) mass is 272 g/mol. The number of hydrogen-bond acceptors (Lipinski definition) is 3. The number of hydrogen-bond donors (Lipinski definition) is 1. The summed E-state index contributed by atoms with van der Waals surface area (Å²) in [6.45, 7) is 10.5. The Kier molecular flexibility index (Phi) is 4.90. The molecule has 2 aromatic rings. The van der Waals surface area contributed by atoms with Crippen molar-refractivity contribution < 1.29 is 0 Å². The van der Waals surface area contributed by atoms with Gasteiger partial charge in [0.15, 0.2) is 5.82 Å². The van der Waals surface area contributed by atoms with Crippen molar-refractivity contribution in [2.45, 2.75) is 40.7 Å². The van der Waals surface area contributed by atoms with Crippen LogP contribution < -0.4 is 5.32 Å². The Balaban J connectivity index is 2.20. The van der Waals surface area contributed by atoms with E-state index in [1.807, 2.05) is 23.9 Å². The van der Waals surface area contributed by atoms with Crippen molar-refractivity contribution in [3.05, 3.63) is 41.3 Å². The first-order chi connectivity index (χ1) is 9.58. The Morgan fingerprint density at radius 3 is 2.70 bits per heavy atom. The summed E-state index contributed by atoms with van der Waals surface area (Å²) in [6.07, 6.45) is 2.90. The van der Waals surface area contributed by atoms with Crippen LogP contribution in [-0.2, 0) is 13.0 Å². The minimum Gasteiger partial charge on any atom is -0.312 e. The summed E-state index contributed by atoms with van der Waals surface area (Å²) in [5.74, 6) is 1.56. The van der Waals surface area contributed by atoms with Gasteiger partial charge in [-0.2, -0.15) is 5.10 Å². The average molecular weight is 272 g/mol. The Hall–Kier alpha value is -1.68. The molecule has 0 radical (unpaired) electrons. The highest BCUT2D eigenvalue weighted by atomic mass is 15.3. The Bertz CT molecular complexity index is 557. The molecule has 2 aromatic heterocycles. The molecular formula is C16H24N4. The highest BCUT2D eigenvalue weighted by Gasteiger charge is 2.05. The first-order valence-electron chi connectivity index (χ1n) is 7.31. The van der Waals surface area contributed by atoms with E-state index in [1.54, 1.807) is 0 Å². The van der Waals surface area contributed by atoms with E-state index in [-0.39, 0.29) is 0 Å². The Morgan fingerprint density at radius 1 is 1.30 bits per heavy atom. The Morgan fingerprint density at radius 2 is 2.10 bits per heavy atom. The van der Waals surface area contributed by atoms with Gasteiger partial charge in [-0.15, -0.1) is 0 Å². The van der Waals surface area contributed by atoms with E-state index in [9.17, 15) is 0 Å². The van der Waals surface area contributed by atoms with Crippen LogP contribution in [0.5, 0.6) is 0 Å². The van der Waals surface area contributed by atoms with Crippen molar-refractivity contribution in [2.75, 3.05) is 6.54 Å². The van der Waals surface area contributed by atoms with Gasteiger partial charge >= 0.3 is 0 Å². The highest BCUT2D eigenvalue weighted by Crippen LogP contribution is 2.11. The lowest BCUT2D eigenvalue weighted by molar-refractivity contribution is 0.552. The van der Waals surface area contributed by atoms with Crippen molar-refractivity contribution in [3.63, 3.8) is 0 Å². The summed E-state index contributed by atoms with van der Waals surface area (Å²) in [5.41, 5.74) is 3.38. The zero-order valence-corrected chi connectivity index (χ0v) is 12.8. The molecule has 4 heteroatoms. The molecule has 0 spiro atoms. The predicted molar refractivity (Wildman–Crippen MR) is 82.0 cm³/mol. The summed E-state index contributed by atoms with van der Waals surface area (Å²) < 4.78 is 1.85. The SMILES string of the molecule is CCc1cc(CNCC(C)C)cc(-n2ccc(C)n2)n1. The largest absolute Gasteiger partial charge is 0.312 e. The third-order valence-electron chi connectivity index (χ3n) is 3.13. The maximum Gasteiger partial charge on any atom is 0.153 e. The number of aromatic nitrogens is 3. The Labute approximate surface area is 121 Å². The van der Waals surface area contributed by atoms with Gasteiger partial charge < -0.3 is 5.32 Å². The lowest BCUT2D eigenvalue weighted by atomic mass is 10.1. The predicted octanol–water partition coefficient (Wildman–Crippen LogP) is 2.88. The van der Waals surface area contributed by atoms with Gasteiger partial charge in [-0.05, 0) is 49.6 Å². The summed E-state index contributed by atoms with van der Waals surface area (Å²) in [4.78, 5) is 4.65. The number of pyridine rings is 1. The van der Waals surface area contributed by atoms with Gasteiger partial charge in [-0.1, -0.05) is 20.8 Å². The lowest BCUT2D eigenvalue weighted by Crippen LogP contribution is -2.19. The molecule has 0 amide bonds. The van der Waals surface area contributed by atoms with Crippen LogP contribution in [0, 0.1) is 12.8 Å². The summed E-state index contributed by atoms with van der Waals surface area (Å²) in [6, 6.07) is 6.28. The molecule has 0 bridgehead atoms. The van der Waals surface area contributed by atoms with Gasteiger partial charge in [0.25, 0.3) is 0 Å². The molecule has 0 aliphatic heterocycles. The third kappa shape index (κ3) is 3.90. The fourth-order valence-corrected chi connectivity index (χ4v) is 2.08. The number of rotatable bonds is 6. The molecular weight excluding hydrogens is 248 g/mol. The second kappa shape index (κ2) is 6.66. The van der Waals surface area contributed by atoms with Crippen LogP contribution in [-0.4, -0.2) is 21.3 Å². The van der Waals surface area contributed by atoms with E-state index in [0.717, 1.165) is 36.7 Å². The van der Waals surface area contributed by atoms with E-state index in [0.29, 0.717) is 5.92 Å². The molecule has 0 atom stereocenters. The third-order valence-corrected chi connectivity index (χ3v) is 3.13. The number of aryl methyl sites for hydroxylation is 2. The van der Waals surface area contributed by atoms with Crippen LogP contribution in [0.15, 0.2) is 24.4 Å². The summed E-state index contributed by atoms with van der Waals surface area (Å²) >= 11 is 0. The van der Waals surface area contributed by atoms with Gasteiger partial charge in [0.05, 0.1) is 5.69 Å². The van der Waals surface area contributed by atoms with Crippen LogP contribution >= 0.6 is 0 Å². The van der Waals surface area contributed by atoms with Gasteiger partial charge in [-0.3, -0.25) is 0 Å². The molecule has 0 aliphatic rings.